The smallest absolute Gasteiger partial charge is 0.141 e. The van der Waals surface area contributed by atoms with Gasteiger partial charge in [0.15, 0.2) is 0 Å². The van der Waals surface area contributed by atoms with E-state index in [0.717, 1.165) is 23.3 Å². The molecule has 0 aliphatic heterocycles. The first kappa shape index (κ1) is 14.3. The van der Waals surface area contributed by atoms with Crippen LogP contribution in [-0.4, -0.2) is 13.2 Å². The molecule has 0 heterocycles. The summed E-state index contributed by atoms with van der Waals surface area (Å²) >= 11 is 6.26. The van der Waals surface area contributed by atoms with Gasteiger partial charge in [0.1, 0.15) is 5.75 Å². The quantitative estimate of drug-likeness (QED) is 0.897. The molecule has 3 heteroatoms. The Morgan fingerprint density at radius 3 is 2.35 bits per heavy atom. The Bertz CT molecular complexity index is 394. The Balaban J connectivity index is 3.29. The third-order valence-electron chi connectivity index (χ3n) is 2.67. The number of ether oxygens (including phenoxy) is 1. The molecule has 0 spiro atoms. The minimum Gasteiger partial charge on any atom is -0.495 e. The molecular weight excluding hydrogens is 234 g/mol. The minimum absolute atomic E-state index is 0.00281. The van der Waals surface area contributed by atoms with Crippen LogP contribution in [0.1, 0.15) is 38.8 Å². The maximum atomic E-state index is 6.26. The van der Waals surface area contributed by atoms with Gasteiger partial charge < -0.3 is 10.5 Å². The molecule has 1 aromatic carbocycles. The van der Waals surface area contributed by atoms with Crippen LogP contribution in [0.25, 0.3) is 0 Å². The normalized spacial score (nSPS) is 13.6. The highest BCUT2D eigenvalue weighted by molar-refractivity contribution is 6.32. The monoisotopic (exact) mass is 255 g/mol. The van der Waals surface area contributed by atoms with Crippen molar-refractivity contribution in [1.82, 2.24) is 0 Å². The average Bonchev–Trinajstić information content (AvgIpc) is 2.14. The highest BCUT2D eigenvalue weighted by Crippen LogP contribution is 2.37. The molecule has 96 valence electrons. The average molecular weight is 256 g/mol. The minimum atomic E-state index is 0.00281. The summed E-state index contributed by atoms with van der Waals surface area (Å²) in [6, 6.07) is 4.22. The Morgan fingerprint density at radius 1 is 1.35 bits per heavy atom. The predicted molar refractivity (Wildman–Crippen MR) is 74.1 cm³/mol. The van der Waals surface area contributed by atoms with Crippen LogP contribution in [0.2, 0.25) is 5.02 Å². The van der Waals surface area contributed by atoms with Gasteiger partial charge in [-0.15, -0.1) is 0 Å². The number of hydrogen-bond acceptors (Lipinski definition) is 2. The first-order chi connectivity index (χ1) is 7.75. The number of nitrogens with two attached hydrogens (primary N) is 1. The fraction of sp³-hybridized carbons (Fsp3) is 0.571. The van der Waals surface area contributed by atoms with Crippen molar-refractivity contribution in [3.05, 3.63) is 28.3 Å². The van der Waals surface area contributed by atoms with Gasteiger partial charge in [-0.25, -0.2) is 0 Å². The van der Waals surface area contributed by atoms with E-state index in [2.05, 4.69) is 26.8 Å². The van der Waals surface area contributed by atoms with Gasteiger partial charge in [-0.1, -0.05) is 38.4 Å². The molecule has 1 unspecified atom stereocenters. The molecule has 0 aromatic heterocycles. The topological polar surface area (TPSA) is 35.2 Å². The Kier molecular flexibility index (Phi) is 4.45. The second kappa shape index (κ2) is 5.28. The van der Waals surface area contributed by atoms with Crippen molar-refractivity contribution in [2.45, 2.75) is 45.6 Å². The van der Waals surface area contributed by atoms with Crippen LogP contribution >= 0.6 is 11.6 Å². The van der Waals surface area contributed by atoms with Crippen LogP contribution in [0.3, 0.4) is 0 Å². The number of hydrogen-bond donors (Lipinski definition) is 1. The van der Waals surface area contributed by atoms with E-state index in [0.29, 0.717) is 5.02 Å². The summed E-state index contributed by atoms with van der Waals surface area (Å²) < 4.78 is 5.40. The maximum absolute atomic E-state index is 6.26. The summed E-state index contributed by atoms with van der Waals surface area (Å²) in [5, 5.41) is 0.663. The largest absolute Gasteiger partial charge is 0.495 e. The van der Waals surface area contributed by atoms with E-state index in [1.807, 2.05) is 13.0 Å². The fourth-order valence-corrected chi connectivity index (χ4v) is 2.22. The molecular formula is C14H22ClNO. The first-order valence-corrected chi connectivity index (χ1v) is 6.26. The number of benzene rings is 1. The molecule has 0 saturated carbocycles. The predicted octanol–water partition coefficient (Wildman–Crippen LogP) is 3.54. The summed E-state index contributed by atoms with van der Waals surface area (Å²) in [6.07, 6.45) is 0.826. The van der Waals surface area contributed by atoms with Crippen molar-refractivity contribution in [3.8, 4) is 5.75 Å². The molecule has 2 nitrogen and oxygen atoms in total. The summed E-state index contributed by atoms with van der Waals surface area (Å²) in [4.78, 5) is 0. The van der Waals surface area contributed by atoms with E-state index >= 15 is 0 Å². The van der Waals surface area contributed by atoms with Gasteiger partial charge in [-0.05, 0) is 30.4 Å². The Hall–Kier alpha value is -0.730. The van der Waals surface area contributed by atoms with Crippen molar-refractivity contribution in [2.24, 2.45) is 5.73 Å². The van der Waals surface area contributed by atoms with Crippen molar-refractivity contribution in [3.63, 3.8) is 0 Å². The van der Waals surface area contributed by atoms with Crippen LogP contribution in [-0.2, 0) is 11.8 Å². The van der Waals surface area contributed by atoms with Crippen LogP contribution in [0, 0.1) is 0 Å². The van der Waals surface area contributed by atoms with Crippen LogP contribution in [0.4, 0.5) is 0 Å². The third kappa shape index (κ3) is 3.62. The second-order valence-electron chi connectivity index (χ2n) is 5.59. The zero-order valence-corrected chi connectivity index (χ0v) is 12.1. The molecule has 0 fully saturated rings. The van der Waals surface area contributed by atoms with Gasteiger partial charge in [-0.3, -0.25) is 0 Å². The first-order valence-electron chi connectivity index (χ1n) is 5.88. The highest BCUT2D eigenvalue weighted by atomic mass is 35.5. The van der Waals surface area contributed by atoms with Gasteiger partial charge in [-0.2, -0.15) is 0 Å². The molecule has 2 N–H and O–H groups in total. The molecule has 1 atom stereocenters. The summed E-state index contributed by atoms with van der Waals surface area (Å²) in [5.41, 5.74) is 8.12. The lowest BCUT2D eigenvalue weighted by Gasteiger charge is -2.24. The Morgan fingerprint density at radius 2 is 1.94 bits per heavy atom. The molecule has 1 aromatic rings. The summed E-state index contributed by atoms with van der Waals surface area (Å²) in [5.74, 6) is 0.771. The van der Waals surface area contributed by atoms with E-state index in [1.165, 1.54) is 0 Å². The highest BCUT2D eigenvalue weighted by Gasteiger charge is 2.22. The van der Waals surface area contributed by atoms with Gasteiger partial charge in [0.25, 0.3) is 0 Å². The number of halogens is 1. The number of rotatable bonds is 3. The molecule has 0 bridgehead atoms. The van der Waals surface area contributed by atoms with Gasteiger partial charge in [0, 0.05) is 11.6 Å². The summed E-state index contributed by atoms with van der Waals surface area (Å²) in [6.45, 7) is 8.44. The molecule has 17 heavy (non-hydrogen) atoms. The molecule has 0 aliphatic rings. The fourth-order valence-electron chi connectivity index (χ4n) is 1.90. The van der Waals surface area contributed by atoms with Crippen LogP contribution in [0.5, 0.6) is 5.75 Å². The van der Waals surface area contributed by atoms with E-state index in [9.17, 15) is 0 Å². The Labute approximate surface area is 109 Å². The van der Waals surface area contributed by atoms with E-state index in [4.69, 9.17) is 22.1 Å². The van der Waals surface area contributed by atoms with Crippen molar-refractivity contribution >= 4 is 11.6 Å². The lowest BCUT2D eigenvalue weighted by atomic mass is 9.84. The molecule has 0 radical (unpaired) electrons. The van der Waals surface area contributed by atoms with Crippen molar-refractivity contribution in [2.75, 3.05) is 7.11 Å². The molecule has 0 amide bonds. The van der Waals surface area contributed by atoms with Gasteiger partial charge in [0.2, 0.25) is 0 Å². The standard InChI is InChI=1S/C14H22ClNO/c1-9(16)6-10-7-11(14(2,3)4)13(17-5)12(15)8-10/h7-9H,6,16H2,1-5H3. The number of methoxy groups -OCH3 is 1. The second-order valence-corrected chi connectivity index (χ2v) is 6.00. The lowest BCUT2D eigenvalue weighted by molar-refractivity contribution is 0.397. The maximum Gasteiger partial charge on any atom is 0.141 e. The van der Waals surface area contributed by atoms with E-state index < -0.39 is 0 Å². The SMILES string of the molecule is COc1c(Cl)cc(CC(C)N)cc1C(C)(C)C. The molecule has 0 saturated heterocycles. The summed E-state index contributed by atoms with van der Waals surface area (Å²) in [7, 11) is 1.65. The van der Waals surface area contributed by atoms with E-state index in [1.54, 1.807) is 7.11 Å². The zero-order chi connectivity index (χ0) is 13.2. The van der Waals surface area contributed by atoms with Gasteiger partial charge >= 0.3 is 0 Å². The molecule has 1 rings (SSSR count). The molecule has 0 aliphatic carbocycles. The van der Waals surface area contributed by atoms with Crippen LogP contribution < -0.4 is 10.5 Å². The van der Waals surface area contributed by atoms with Crippen LogP contribution in [0.15, 0.2) is 12.1 Å². The van der Waals surface area contributed by atoms with E-state index in [-0.39, 0.29) is 11.5 Å². The lowest BCUT2D eigenvalue weighted by Crippen LogP contribution is -2.19. The van der Waals surface area contributed by atoms with Gasteiger partial charge in [0.05, 0.1) is 12.1 Å². The zero-order valence-electron chi connectivity index (χ0n) is 11.3. The third-order valence-corrected chi connectivity index (χ3v) is 2.95. The van der Waals surface area contributed by atoms with Crippen molar-refractivity contribution in [1.29, 1.82) is 0 Å². The van der Waals surface area contributed by atoms with Crippen molar-refractivity contribution < 1.29 is 4.74 Å².